The number of aromatic nitrogens is 1. The summed E-state index contributed by atoms with van der Waals surface area (Å²) < 4.78 is 36.0. The standard InChI is InChI=1S/C5H5BF3N2.K/c7-6(8,9)4-2-1-3-11-5(4)10;/h1-3H,(H2,10,11);/q-1;+1. The predicted octanol–water partition coefficient (Wildman–Crippen LogP) is -2.28. The molecule has 60 valence electrons. The Bertz CT molecular complexity index is 265. The summed E-state index contributed by atoms with van der Waals surface area (Å²) in [4.78, 5) is 3.32. The van der Waals surface area contributed by atoms with E-state index in [0.29, 0.717) is 0 Å². The summed E-state index contributed by atoms with van der Waals surface area (Å²) in [6.45, 7) is -5.02. The maximum absolute atomic E-state index is 12.0. The molecule has 0 spiro atoms. The van der Waals surface area contributed by atoms with Crippen LogP contribution in [0.1, 0.15) is 0 Å². The number of halogens is 3. The zero-order valence-corrected chi connectivity index (χ0v) is 9.59. The fourth-order valence-corrected chi connectivity index (χ4v) is 0.707. The molecule has 0 atom stereocenters. The third-order valence-corrected chi connectivity index (χ3v) is 1.22. The normalized spacial score (nSPS) is 10.6. The number of anilines is 1. The Balaban J connectivity index is 0.00000121. The van der Waals surface area contributed by atoms with E-state index in [1.807, 2.05) is 0 Å². The maximum Gasteiger partial charge on any atom is 1.00 e. The van der Waals surface area contributed by atoms with Crippen molar-refractivity contribution in [3.05, 3.63) is 18.3 Å². The molecule has 0 fully saturated rings. The third kappa shape index (κ3) is 3.06. The quantitative estimate of drug-likeness (QED) is 0.519. The molecule has 0 radical (unpaired) electrons. The Hall–Kier alpha value is 0.441. The summed E-state index contributed by atoms with van der Waals surface area (Å²) in [5.74, 6) is -0.458. The van der Waals surface area contributed by atoms with Crippen LogP contribution in [0, 0.1) is 0 Å². The molecule has 0 aliphatic heterocycles. The van der Waals surface area contributed by atoms with E-state index in [4.69, 9.17) is 5.73 Å². The van der Waals surface area contributed by atoms with Crippen molar-refractivity contribution in [2.24, 2.45) is 0 Å². The van der Waals surface area contributed by atoms with Crippen LogP contribution in [0.4, 0.5) is 18.8 Å². The molecule has 1 heterocycles. The van der Waals surface area contributed by atoms with Crippen LogP contribution >= 0.6 is 0 Å². The van der Waals surface area contributed by atoms with Crippen molar-refractivity contribution in [1.82, 2.24) is 4.98 Å². The topological polar surface area (TPSA) is 38.9 Å². The van der Waals surface area contributed by atoms with Crippen LogP contribution < -0.4 is 62.6 Å². The first kappa shape index (κ1) is 12.4. The molecule has 0 amide bonds. The Labute approximate surface area is 110 Å². The summed E-state index contributed by atoms with van der Waals surface area (Å²) in [5, 5.41) is 0. The molecule has 1 aromatic heterocycles. The van der Waals surface area contributed by atoms with Crippen LogP contribution in [-0.2, 0) is 0 Å². The van der Waals surface area contributed by atoms with Crippen LogP contribution in [0.5, 0.6) is 0 Å². The fourth-order valence-electron chi connectivity index (χ4n) is 0.707. The Morgan fingerprint density at radius 2 is 1.92 bits per heavy atom. The van der Waals surface area contributed by atoms with Crippen LogP contribution in [0.15, 0.2) is 18.3 Å². The molecule has 1 rings (SSSR count). The van der Waals surface area contributed by atoms with Crippen molar-refractivity contribution in [1.29, 1.82) is 0 Å². The molecule has 0 saturated carbocycles. The molecule has 0 aliphatic carbocycles. The number of nitrogens with zero attached hydrogens (tertiary/aromatic N) is 1. The van der Waals surface area contributed by atoms with Gasteiger partial charge in [0.1, 0.15) is 0 Å². The zero-order valence-electron chi connectivity index (χ0n) is 6.47. The summed E-state index contributed by atoms with van der Waals surface area (Å²) in [5.41, 5.74) is 4.16. The second-order valence-electron chi connectivity index (χ2n) is 2.05. The maximum atomic E-state index is 12.0. The number of nitrogens with two attached hydrogens (primary N) is 1. The van der Waals surface area contributed by atoms with Crippen molar-refractivity contribution in [2.75, 3.05) is 5.73 Å². The van der Waals surface area contributed by atoms with E-state index in [-0.39, 0.29) is 51.4 Å². The first-order chi connectivity index (χ1) is 5.02. The summed E-state index contributed by atoms with van der Waals surface area (Å²) >= 11 is 0. The molecule has 0 unspecified atom stereocenters. The summed E-state index contributed by atoms with van der Waals surface area (Å²) in [6, 6.07) is 2.13. The Morgan fingerprint density at radius 1 is 1.33 bits per heavy atom. The van der Waals surface area contributed by atoms with Gasteiger partial charge in [0.25, 0.3) is 0 Å². The molecular weight excluding hydrogens is 195 g/mol. The van der Waals surface area contributed by atoms with Gasteiger partial charge < -0.3 is 18.7 Å². The van der Waals surface area contributed by atoms with E-state index >= 15 is 0 Å². The van der Waals surface area contributed by atoms with Crippen molar-refractivity contribution < 1.29 is 64.3 Å². The van der Waals surface area contributed by atoms with Gasteiger partial charge in [0.15, 0.2) is 0 Å². The van der Waals surface area contributed by atoms with Gasteiger partial charge >= 0.3 is 58.4 Å². The number of pyridine rings is 1. The molecule has 12 heavy (non-hydrogen) atoms. The zero-order chi connectivity index (χ0) is 8.48. The molecule has 2 nitrogen and oxygen atoms in total. The molecule has 0 bridgehead atoms. The number of rotatable bonds is 1. The number of hydrogen-bond donors (Lipinski definition) is 1. The van der Waals surface area contributed by atoms with Gasteiger partial charge in [0, 0.05) is 6.20 Å². The third-order valence-electron chi connectivity index (χ3n) is 1.22. The van der Waals surface area contributed by atoms with E-state index < -0.39 is 18.3 Å². The van der Waals surface area contributed by atoms with Gasteiger partial charge in [-0.2, -0.15) is 0 Å². The predicted molar refractivity (Wildman–Crippen MR) is 37.4 cm³/mol. The molecule has 0 aromatic carbocycles. The number of hydrogen-bond acceptors (Lipinski definition) is 2. The van der Waals surface area contributed by atoms with E-state index in [0.717, 1.165) is 6.07 Å². The number of nitrogen functional groups attached to an aromatic ring is 1. The van der Waals surface area contributed by atoms with Gasteiger partial charge in [0.2, 0.25) is 0 Å². The first-order valence-electron chi connectivity index (χ1n) is 2.92. The van der Waals surface area contributed by atoms with Crippen LogP contribution in [0.25, 0.3) is 0 Å². The molecular formula is C5H5BF3KN2. The molecule has 0 saturated heterocycles. The minimum atomic E-state index is -5.02. The SMILES string of the molecule is Nc1ncccc1[B-](F)(F)F.[K+]. The van der Waals surface area contributed by atoms with Crippen molar-refractivity contribution in [3.63, 3.8) is 0 Å². The smallest absolute Gasteiger partial charge is 0.445 e. The Morgan fingerprint density at radius 3 is 2.25 bits per heavy atom. The van der Waals surface area contributed by atoms with Crippen molar-refractivity contribution in [3.8, 4) is 0 Å². The molecule has 7 heteroatoms. The first-order valence-corrected chi connectivity index (χ1v) is 2.92. The fraction of sp³-hybridized carbons (Fsp3) is 0. The largest absolute Gasteiger partial charge is 1.00 e. The van der Waals surface area contributed by atoms with Gasteiger partial charge in [-0.05, 0) is 6.07 Å². The van der Waals surface area contributed by atoms with E-state index in [9.17, 15) is 12.9 Å². The average molecular weight is 200 g/mol. The molecule has 2 N–H and O–H groups in total. The minimum absolute atomic E-state index is 0. The van der Waals surface area contributed by atoms with Gasteiger partial charge in [-0.3, -0.25) is 0 Å². The Kier molecular flexibility index (Phi) is 4.78. The molecule has 0 aliphatic rings. The van der Waals surface area contributed by atoms with Crippen LogP contribution in [-0.4, -0.2) is 12.0 Å². The van der Waals surface area contributed by atoms with Gasteiger partial charge in [-0.1, -0.05) is 11.5 Å². The van der Waals surface area contributed by atoms with Crippen molar-refractivity contribution in [2.45, 2.75) is 0 Å². The van der Waals surface area contributed by atoms with Gasteiger partial charge in [0.05, 0.1) is 5.82 Å². The minimum Gasteiger partial charge on any atom is -0.445 e. The van der Waals surface area contributed by atoms with E-state index in [1.54, 1.807) is 0 Å². The van der Waals surface area contributed by atoms with Crippen molar-refractivity contribution >= 4 is 18.3 Å². The van der Waals surface area contributed by atoms with E-state index in [1.165, 1.54) is 12.3 Å². The van der Waals surface area contributed by atoms with E-state index in [2.05, 4.69) is 4.98 Å². The summed E-state index contributed by atoms with van der Waals surface area (Å²) in [7, 11) is 0. The second kappa shape index (κ2) is 4.61. The van der Waals surface area contributed by atoms with Crippen LogP contribution in [0.3, 0.4) is 0 Å². The van der Waals surface area contributed by atoms with Gasteiger partial charge in [-0.25, -0.2) is 4.98 Å². The molecule has 1 aromatic rings. The summed E-state index contributed by atoms with van der Waals surface area (Å²) in [6.07, 6.45) is 1.22. The monoisotopic (exact) mass is 200 g/mol. The average Bonchev–Trinajstić information content (AvgIpc) is 1.86. The van der Waals surface area contributed by atoms with Crippen LogP contribution in [0.2, 0.25) is 0 Å². The second-order valence-corrected chi connectivity index (χ2v) is 2.05. The van der Waals surface area contributed by atoms with Gasteiger partial charge in [-0.15, -0.1) is 0 Å².